The molecule has 1 aromatic rings. The molecule has 1 aromatic carbocycles. The highest BCUT2D eigenvalue weighted by molar-refractivity contribution is 5.89. The molecule has 1 saturated heterocycles. The normalized spacial score (nSPS) is 23.2. The van der Waals surface area contributed by atoms with E-state index in [2.05, 4.69) is 19.2 Å². The summed E-state index contributed by atoms with van der Waals surface area (Å²) >= 11 is 0. The van der Waals surface area contributed by atoms with Gasteiger partial charge in [-0.15, -0.1) is 0 Å². The van der Waals surface area contributed by atoms with Gasteiger partial charge in [-0.2, -0.15) is 0 Å². The lowest BCUT2D eigenvalue weighted by atomic mass is 9.92. The Balaban J connectivity index is 2.03. The number of amides is 2. The number of nitrogens with zero attached hydrogens (tertiary/aromatic N) is 1. The first kappa shape index (κ1) is 13.9. The molecule has 1 fully saturated rings. The molecule has 0 radical (unpaired) electrons. The van der Waals surface area contributed by atoms with E-state index in [9.17, 15) is 4.79 Å². The fourth-order valence-electron chi connectivity index (χ4n) is 2.59. The van der Waals surface area contributed by atoms with Crippen LogP contribution in [0, 0.1) is 5.92 Å². The standard InChI is InChI=1S/C15H23N3O/c1-11-5-4-8-18(12(11)2)15(19)17-14-7-3-6-13(9-14)10-16/h3,6-7,9,11-12H,4-5,8,10,16H2,1-2H3,(H,17,19). The Bertz CT molecular complexity index is 447. The van der Waals surface area contributed by atoms with Crippen molar-refractivity contribution in [2.45, 2.75) is 39.3 Å². The monoisotopic (exact) mass is 261 g/mol. The van der Waals surface area contributed by atoms with E-state index in [0.717, 1.165) is 24.2 Å². The first-order valence-electron chi connectivity index (χ1n) is 6.98. The minimum Gasteiger partial charge on any atom is -0.326 e. The number of likely N-dealkylation sites (tertiary alicyclic amines) is 1. The van der Waals surface area contributed by atoms with Gasteiger partial charge in [-0.3, -0.25) is 0 Å². The van der Waals surface area contributed by atoms with Crippen LogP contribution in [0.2, 0.25) is 0 Å². The molecule has 2 amide bonds. The smallest absolute Gasteiger partial charge is 0.322 e. The third kappa shape index (κ3) is 3.26. The molecule has 1 aliphatic heterocycles. The van der Waals surface area contributed by atoms with Crippen molar-refractivity contribution >= 4 is 11.7 Å². The summed E-state index contributed by atoms with van der Waals surface area (Å²) in [5.41, 5.74) is 7.45. The van der Waals surface area contributed by atoms with Crippen LogP contribution in [0.5, 0.6) is 0 Å². The zero-order valence-electron chi connectivity index (χ0n) is 11.7. The van der Waals surface area contributed by atoms with Gasteiger partial charge >= 0.3 is 6.03 Å². The number of hydrogen-bond acceptors (Lipinski definition) is 2. The number of carbonyl (C=O) groups excluding carboxylic acids is 1. The van der Waals surface area contributed by atoms with Crippen LogP contribution in [0.25, 0.3) is 0 Å². The quantitative estimate of drug-likeness (QED) is 0.860. The zero-order valence-corrected chi connectivity index (χ0v) is 11.7. The lowest BCUT2D eigenvalue weighted by Gasteiger charge is -2.37. The molecular weight excluding hydrogens is 238 g/mol. The molecule has 0 aromatic heterocycles. The van der Waals surface area contributed by atoms with Crippen molar-refractivity contribution in [3.8, 4) is 0 Å². The Morgan fingerprint density at radius 2 is 2.26 bits per heavy atom. The highest BCUT2D eigenvalue weighted by Gasteiger charge is 2.28. The molecule has 104 valence electrons. The van der Waals surface area contributed by atoms with Crippen LogP contribution in [0.4, 0.5) is 10.5 Å². The Morgan fingerprint density at radius 3 is 3.00 bits per heavy atom. The number of piperidine rings is 1. The van der Waals surface area contributed by atoms with Crippen molar-refractivity contribution < 1.29 is 4.79 Å². The van der Waals surface area contributed by atoms with E-state index in [1.807, 2.05) is 29.2 Å². The molecule has 0 aliphatic carbocycles. The summed E-state index contributed by atoms with van der Waals surface area (Å²) in [6.07, 6.45) is 2.29. The van der Waals surface area contributed by atoms with Crippen LogP contribution in [0.15, 0.2) is 24.3 Å². The largest absolute Gasteiger partial charge is 0.326 e. The molecule has 19 heavy (non-hydrogen) atoms. The van der Waals surface area contributed by atoms with Gasteiger partial charge in [-0.05, 0) is 43.4 Å². The van der Waals surface area contributed by atoms with Crippen LogP contribution in [-0.2, 0) is 6.54 Å². The highest BCUT2D eigenvalue weighted by atomic mass is 16.2. The van der Waals surface area contributed by atoms with Crippen LogP contribution in [0.3, 0.4) is 0 Å². The number of rotatable bonds is 2. The zero-order chi connectivity index (χ0) is 13.8. The average molecular weight is 261 g/mol. The molecular formula is C15H23N3O. The fourth-order valence-corrected chi connectivity index (χ4v) is 2.59. The molecule has 0 bridgehead atoms. The molecule has 1 heterocycles. The van der Waals surface area contributed by atoms with Gasteiger partial charge in [0.25, 0.3) is 0 Å². The van der Waals surface area contributed by atoms with Crippen LogP contribution < -0.4 is 11.1 Å². The summed E-state index contributed by atoms with van der Waals surface area (Å²) in [7, 11) is 0. The van der Waals surface area contributed by atoms with Gasteiger partial charge in [0.05, 0.1) is 0 Å². The van der Waals surface area contributed by atoms with E-state index in [1.165, 1.54) is 6.42 Å². The summed E-state index contributed by atoms with van der Waals surface area (Å²) in [6.45, 7) is 5.66. The average Bonchev–Trinajstić information content (AvgIpc) is 2.42. The molecule has 4 heteroatoms. The second kappa shape index (κ2) is 6.06. The van der Waals surface area contributed by atoms with E-state index in [0.29, 0.717) is 18.5 Å². The van der Waals surface area contributed by atoms with Crippen molar-refractivity contribution in [2.24, 2.45) is 11.7 Å². The van der Waals surface area contributed by atoms with Gasteiger partial charge in [-0.25, -0.2) is 4.79 Å². The summed E-state index contributed by atoms with van der Waals surface area (Å²) < 4.78 is 0. The first-order chi connectivity index (χ1) is 9.11. The number of hydrogen-bond donors (Lipinski definition) is 2. The molecule has 4 nitrogen and oxygen atoms in total. The maximum Gasteiger partial charge on any atom is 0.322 e. The van der Waals surface area contributed by atoms with E-state index < -0.39 is 0 Å². The lowest BCUT2D eigenvalue weighted by molar-refractivity contribution is 0.139. The highest BCUT2D eigenvalue weighted by Crippen LogP contribution is 2.23. The van der Waals surface area contributed by atoms with E-state index in [4.69, 9.17) is 5.73 Å². The van der Waals surface area contributed by atoms with Gasteiger partial charge in [0, 0.05) is 24.8 Å². The molecule has 0 saturated carbocycles. The number of anilines is 1. The third-order valence-corrected chi connectivity index (χ3v) is 4.05. The predicted molar refractivity (Wildman–Crippen MR) is 77.9 cm³/mol. The Hall–Kier alpha value is -1.55. The maximum atomic E-state index is 12.3. The second-order valence-corrected chi connectivity index (χ2v) is 5.39. The van der Waals surface area contributed by atoms with E-state index in [-0.39, 0.29) is 6.03 Å². The van der Waals surface area contributed by atoms with Gasteiger partial charge in [0.1, 0.15) is 0 Å². The van der Waals surface area contributed by atoms with E-state index in [1.54, 1.807) is 0 Å². The van der Waals surface area contributed by atoms with Gasteiger partial charge in [-0.1, -0.05) is 19.1 Å². The van der Waals surface area contributed by atoms with Crippen LogP contribution in [0.1, 0.15) is 32.3 Å². The first-order valence-corrected chi connectivity index (χ1v) is 6.98. The number of nitrogens with two attached hydrogens (primary N) is 1. The Kier molecular flexibility index (Phi) is 4.43. The van der Waals surface area contributed by atoms with Crippen LogP contribution >= 0.6 is 0 Å². The molecule has 3 N–H and O–H groups in total. The molecule has 1 aliphatic rings. The van der Waals surface area contributed by atoms with E-state index >= 15 is 0 Å². The molecule has 2 unspecified atom stereocenters. The van der Waals surface area contributed by atoms with Crippen molar-refractivity contribution in [1.29, 1.82) is 0 Å². The SMILES string of the molecule is CC1CCCN(C(=O)Nc2cccc(CN)c2)C1C. The summed E-state index contributed by atoms with van der Waals surface area (Å²) in [4.78, 5) is 14.2. The summed E-state index contributed by atoms with van der Waals surface area (Å²) in [5.74, 6) is 0.565. The number of urea groups is 1. The third-order valence-electron chi connectivity index (χ3n) is 4.05. The van der Waals surface area contributed by atoms with Crippen molar-refractivity contribution in [2.75, 3.05) is 11.9 Å². The Labute approximate surface area is 115 Å². The topological polar surface area (TPSA) is 58.4 Å². The van der Waals surface area contributed by atoms with Crippen molar-refractivity contribution in [3.05, 3.63) is 29.8 Å². The summed E-state index contributed by atoms with van der Waals surface area (Å²) in [5, 5.41) is 2.97. The molecule has 2 rings (SSSR count). The molecule has 0 spiro atoms. The Morgan fingerprint density at radius 1 is 1.47 bits per heavy atom. The van der Waals surface area contributed by atoms with Gasteiger partial charge in [0.15, 0.2) is 0 Å². The number of nitrogens with one attached hydrogen (secondary N) is 1. The minimum atomic E-state index is -0.00628. The minimum absolute atomic E-state index is 0.00628. The maximum absolute atomic E-state index is 12.3. The fraction of sp³-hybridized carbons (Fsp3) is 0.533. The van der Waals surface area contributed by atoms with Crippen molar-refractivity contribution in [3.63, 3.8) is 0 Å². The number of benzene rings is 1. The van der Waals surface area contributed by atoms with Gasteiger partial charge < -0.3 is 16.0 Å². The van der Waals surface area contributed by atoms with Crippen LogP contribution in [-0.4, -0.2) is 23.5 Å². The summed E-state index contributed by atoms with van der Waals surface area (Å²) in [6, 6.07) is 7.99. The second-order valence-electron chi connectivity index (χ2n) is 5.39. The predicted octanol–water partition coefficient (Wildman–Crippen LogP) is 2.80. The van der Waals surface area contributed by atoms with Crippen molar-refractivity contribution in [1.82, 2.24) is 4.90 Å². The lowest BCUT2D eigenvalue weighted by Crippen LogP contribution is -2.47. The van der Waals surface area contributed by atoms with Gasteiger partial charge in [0.2, 0.25) is 0 Å². The molecule has 2 atom stereocenters. The number of carbonyl (C=O) groups is 1.